The first-order valence-electron chi connectivity index (χ1n) is 8.26. The van der Waals surface area contributed by atoms with Crippen molar-refractivity contribution in [1.82, 2.24) is 15.5 Å². The van der Waals surface area contributed by atoms with Crippen molar-refractivity contribution in [3.05, 3.63) is 65.5 Å². The van der Waals surface area contributed by atoms with Gasteiger partial charge in [0, 0.05) is 18.5 Å². The van der Waals surface area contributed by atoms with Crippen LogP contribution in [-0.2, 0) is 4.79 Å². The van der Waals surface area contributed by atoms with E-state index in [1.54, 1.807) is 6.07 Å². The van der Waals surface area contributed by atoms with Gasteiger partial charge in [0.15, 0.2) is 0 Å². The third-order valence-corrected chi connectivity index (χ3v) is 4.58. The SMILES string of the molecule is Cc1cccc(-c2nnc(NC(=O)CCNC(=O)c3ccccc3F)s2)c1. The maximum Gasteiger partial charge on any atom is 0.254 e. The number of benzene rings is 2. The van der Waals surface area contributed by atoms with Gasteiger partial charge in [-0.3, -0.25) is 9.59 Å². The molecule has 0 aliphatic heterocycles. The van der Waals surface area contributed by atoms with Gasteiger partial charge in [-0.1, -0.05) is 47.2 Å². The highest BCUT2D eigenvalue weighted by Crippen LogP contribution is 2.26. The van der Waals surface area contributed by atoms with Gasteiger partial charge in [0.25, 0.3) is 5.91 Å². The first kappa shape index (κ1) is 18.7. The molecule has 3 rings (SSSR count). The lowest BCUT2D eigenvalue weighted by atomic mass is 10.1. The van der Waals surface area contributed by atoms with Crippen molar-refractivity contribution < 1.29 is 14.0 Å². The summed E-state index contributed by atoms with van der Waals surface area (Å²) in [4.78, 5) is 23.9. The number of carbonyl (C=O) groups excluding carboxylic acids is 2. The highest BCUT2D eigenvalue weighted by molar-refractivity contribution is 7.18. The van der Waals surface area contributed by atoms with Gasteiger partial charge in [0.1, 0.15) is 10.8 Å². The zero-order valence-electron chi connectivity index (χ0n) is 14.5. The Morgan fingerprint density at radius 2 is 1.93 bits per heavy atom. The quantitative estimate of drug-likeness (QED) is 0.682. The molecule has 2 aromatic carbocycles. The lowest BCUT2D eigenvalue weighted by molar-refractivity contribution is -0.116. The van der Waals surface area contributed by atoms with Crippen LogP contribution in [0.5, 0.6) is 0 Å². The summed E-state index contributed by atoms with van der Waals surface area (Å²) in [7, 11) is 0. The Bertz CT molecular complexity index is 974. The van der Waals surface area contributed by atoms with Gasteiger partial charge in [-0.25, -0.2) is 4.39 Å². The van der Waals surface area contributed by atoms with E-state index in [9.17, 15) is 14.0 Å². The molecule has 0 aliphatic rings. The van der Waals surface area contributed by atoms with Crippen molar-refractivity contribution in [3.8, 4) is 10.6 Å². The second kappa shape index (κ2) is 8.50. The summed E-state index contributed by atoms with van der Waals surface area (Å²) in [5.74, 6) is -1.47. The van der Waals surface area contributed by atoms with Crippen LogP contribution in [0.2, 0.25) is 0 Å². The number of amides is 2. The third-order valence-electron chi connectivity index (χ3n) is 3.69. The van der Waals surface area contributed by atoms with E-state index in [-0.39, 0.29) is 24.4 Å². The molecule has 1 heterocycles. The summed E-state index contributed by atoms with van der Waals surface area (Å²) in [6.07, 6.45) is 0.0412. The van der Waals surface area contributed by atoms with Gasteiger partial charge in [0.05, 0.1) is 5.56 Å². The van der Waals surface area contributed by atoms with Crippen LogP contribution in [-0.4, -0.2) is 28.6 Å². The van der Waals surface area contributed by atoms with Gasteiger partial charge in [-0.2, -0.15) is 0 Å². The van der Waals surface area contributed by atoms with Crippen LogP contribution in [0.4, 0.5) is 9.52 Å². The van der Waals surface area contributed by atoms with E-state index in [4.69, 9.17) is 0 Å². The Balaban J connectivity index is 1.50. The predicted molar refractivity (Wildman–Crippen MR) is 102 cm³/mol. The Morgan fingerprint density at radius 3 is 2.70 bits per heavy atom. The fraction of sp³-hybridized carbons (Fsp3) is 0.158. The fourth-order valence-electron chi connectivity index (χ4n) is 2.38. The molecule has 0 spiro atoms. The summed E-state index contributed by atoms with van der Waals surface area (Å²) in [6.45, 7) is 2.07. The maximum absolute atomic E-state index is 13.5. The summed E-state index contributed by atoms with van der Waals surface area (Å²) >= 11 is 1.27. The Kier molecular flexibility index (Phi) is 5.87. The van der Waals surface area contributed by atoms with E-state index in [0.717, 1.165) is 11.1 Å². The molecule has 27 heavy (non-hydrogen) atoms. The largest absolute Gasteiger partial charge is 0.351 e. The van der Waals surface area contributed by atoms with Crippen LogP contribution in [0.25, 0.3) is 10.6 Å². The average Bonchev–Trinajstić information content (AvgIpc) is 3.10. The smallest absolute Gasteiger partial charge is 0.254 e. The molecule has 6 nitrogen and oxygen atoms in total. The molecule has 0 fully saturated rings. The normalized spacial score (nSPS) is 10.4. The van der Waals surface area contributed by atoms with Gasteiger partial charge < -0.3 is 10.6 Å². The van der Waals surface area contributed by atoms with Crippen LogP contribution in [0.1, 0.15) is 22.3 Å². The Morgan fingerprint density at radius 1 is 1.11 bits per heavy atom. The summed E-state index contributed by atoms with van der Waals surface area (Å²) < 4.78 is 13.5. The highest BCUT2D eigenvalue weighted by atomic mass is 32.1. The lowest BCUT2D eigenvalue weighted by Gasteiger charge is -2.05. The average molecular weight is 384 g/mol. The number of hydrogen-bond acceptors (Lipinski definition) is 5. The monoisotopic (exact) mass is 384 g/mol. The number of carbonyl (C=O) groups is 2. The molecule has 2 amide bonds. The van der Waals surface area contributed by atoms with Gasteiger partial charge in [-0.15, -0.1) is 10.2 Å². The molecular weight excluding hydrogens is 367 g/mol. The molecule has 0 unspecified atom stereocenters. The van der Waals surface area contributed by atoms with Crippen molar-refractivity contribution in [3.63, 3.8) is 0 Å². The zero-order valence-corrected chi connectivity index (χ0v) is 15.3. The molecule has 0 aliphatic carbocycles. The molecule has 2 N–H and O–H groups in total. The van der Waals surface area contributed by atoms with Crippen LogP contribution < -0.4 is 10.6 Å². The molecule has 0 saturated carbocycles. The van der Waals surface area contributed by atoms with Gasteiger partial charge >= 0.3 is 0 Å². The summed E-state index contributed by atoms with van der Waals surface area (Å²) in [6, 6.07) is 13.5. The molecule has 0 saturated heterocycles. The van der Waals surface area contributed by atoms with E-state index in [0.29, 0.717) is 10.1 Å². The van der Waals surface area contributed by atoms with Crippen molar-refractivity contribution in [2.45, 2.75) is 13.3 Å². The fourth-order valence-corrected chi connectivity index (χ4v) is 3.14. The van der Waals surface area contributed by atoms with Crippen LogP contribution in [0.15, 0.2) is 48.5 Å². The first-order chi connectivity index (χ1) is 13.0. The molecule has 0 atom stereocenters. The molecule has 138 valence electrons. The number of aromatic nitrogens is 2. The van der Waals surface area contributed by atoms with Crippen LogP contribution in [0.3, 0.4) is 0 Å². The first-order valence-corrected chi connectivity index (χ1v) is 9.08. The number of rotatable bonds is 6. The third kappa shape index (κ3) is 4.95. The van der Waals surface area contributed by atoms with Crippen molar-refractivity contribution >= 4 is 28.3 Å². The van der Waals surface area contributed by atoms with Crippen molar-refractivity contribution in [1.29, 1.82) is 0 Å². The van der Waals surface area contributed by atoms with Crippen molar-refractivity contribution in [2.75, 3.05) is 11.9 Å². The van der Waals surface area contributed by atoms with Crippen LogP contribution in [0, 0.1) is 12.7 Å². The Labute approximate surface area is 159 Å². The minimum Gasteiger partial charge on any atom is -0.351 e. The summed E-state index contributed by atoms with van der Waals surface area (Å²) in [5.41, 5.74) is 1.99. The minimum absolute atomic E-state index is 0.0412. The van der Waals surface area contributed by atoms with Crippen molar-refractivity contribution in [2.24, 2.45) is 0 Å². The van der Waals surface area contributed by atoms with E-state index in [1.165, 1.54) is 29.5 Å². The second-order valence-corrected chi connectivity index (χ2v) is 6.79. The van der Waals surface area contributed by atoms with Gasteiger partial charge in [-0.05, 0) is 25.1 Å². The number of anilines is 1. The molecule has 0 bridgehead atoms. The topological polar surface area (TPSA) is 84.0 Å². The number of nitrogens with one attached hydrogen (secondary N) is 2. The predicted octanol–water partition coefficient (Wildman–Crippen LogP) is 3.41. The van der Waals surface area contributed by atoms with E-state index in [2.05, 4.69) is 20.8 Å². The molecule has 3 aromatic rings. The number of hydrogen-bond donors (Lipinski definition) is 2. The van der Waals surface area contributed by atoms with E-state index in [1.807, 2.05) is 31.2 Å². The second-order valence-electron chi connectivity index (χ2n) is 5.82. The van der Waals surface area contributed by atoms with Gasteiger partial charge in [0.2, 0.25) is 11.0 Å². The number of aryl methyl sites for hydroxylation is 1. The highest BCUT2D eigenvalue weighted by Gasteiger charge is 2.12. The van der Waals surface area contributed by atoms with E-state index >= 15 is 0 Å². The number of halogens is 1. The Hall–Kier alpha value is -3.13. The number of nitrogens with zero attached hydrogens (tertiary/aromatic N) is 2. The molecule has 1 aromatic heterocycles. The molecule has 0 radical (unpaired) electrons. The zero-order chi connectivity index (χ0) is 19.2. The molecule has 8 heteroatoms. The summed E-state index contributed by atoms with van der Waals surface area (Å²) in [5, 5.41) is 14.3. The van der Waals surface area contributed by atoms with E-state index < -0.39 is 11.7 Å². The standard InChI is InChI=1S/C19H17FN4O2S/c1-12-5-4-6-13(11-12)18-23-24-19(27-18)22-16(25)9-10-21-17(26)14-7-2-3-8-15(14)20/h2-8,11H,9-10H2,1H3,(H,21,26)(H,22,24,25). The minimum atomic E-state index is -0.600. The maximum atomic E-state index is 13.5. The lowest BCUT2D eigenvalue weighted by Crippen LogP contribution is -2.28. The van der Waals surface area contributed by atoms with Crippen LogP contribution >= 0.6 is 11.3 Å². The molecular formula is C19H17FN4O2S.